The molecule has 0 bridgehead atoms. The summed E-state index contributed by atoms with van der Waals surface area (Å²) in [5.74, 6) is 0. The fourth-order valence-electron chi connectivity index (χ4n) is 1.31. The molecule has 1 nitrogen and oxygen atoms in total. The van der Waals surface area contributed by atoms with Gasteiger partial charge < -0.3 is 5.32 Å². The molecule has 0 fully saturated rings. The summed E-state index contributed by atoms with van der Waals surface area (Å²) in [6.07, 6.45) is 0. The average molecular weight is 277 g/mol. The van der Waals surface area contributed by atoms with E-state index in [0.717, 1.165) is 17.6 Å². The monoisotopic (exact) mass is 275 g/mol. The van der Waals surface area contributed by atoms with Crippen LogP contribution in [0.1, 0.15) is 11.1 Å². The lowest BCUT2D eigenvalue weighted by Gasteiger charge is -2.02. The molecule has 1 heterocycles. The Kier molecular flexibility index (Phi) is 2.04. The first-order valence-electron chi connectivity index (χ1n) is 3.45. The summed E-state index contributed by atoms with van der Waals surface area (Å²) in [6.45, 7) is 1.98. The number of fused-ring (bicyclic) bond motifs is 1. The van der Waals surface area contributed by atoms with Gasteiger partial charge in [-0.3, -0.25) is 0 Å². The summed E-state index contributed by atoms with van der Waals surface area (Å²) in [7, 11) is 0. The van der Waals surface area contributed by atoms with Crippen molar-refractivity contribution in [2.24, 2.45) is 0 Å². The van der Waals surface area contributed by atoms with Gasteiger partial charge in [0.2, 0.25) is 0 Å². The van der Waals surface area contributed by atoms with Gasteiger partial charge in [0.25, 0.3) is 0 Å². The molecule has 1 aromatic carbocycles. The Balaban J connectivity index is 2.62. The van der Waals surface area contributed by atoms with Gasteiger partial charge in [0.05, 0.1) is 0 Å². The molecule has 1 aliphatic heterocycles. The molecule has 58 valence electrons. The summed E-state index contributed by atoms with van der Waals surface area (Å²) in [5.41, 5.74) is 2.79. The second kappa shape index (κ2) is 2.88. The molecule has 2 rings (SSSR count). The largest absolute Gasteiger partial charge is 0.309 e. The maximum absolute atomic E-state index is 3.54. The number of halogens is 2. The van der Waals surface area contributed by atoms with Crippen molar-refractivity contribution in [1.29, 1.82) is 0 Å². The van der Waals surface area contributed by atoms with Crippen LogP contribution in [0.2, 0.25) is 0 Å². The molecular formula is C8H7Br2N. The molecule has 1 aliphatic rings. The van der Waals surface area contributed by atoms with E-state index in [0.29, 0.717) is 0 Å². The number of hydrogen-bond donors (Lipinski definition) is 1. The molecule has 3 heteroatoms. The lowest BCUT2D eigenvalue weighted by molar-refractivity contribution is 0.764. The fraction of sp³-hybridized carbons (Fsp3) is 0.250. The molecule has 0 amide bonds. The summed E-state index contributed by atoms with van der Waals surface area (Å²) in [6, 6.07) is 4.24. The summed E-state index contributed by atoms with van der Waals surface area (Å²) < 4.78 is 2.33. The average Bonchev–Trinajstić information content (AvgIpc) is 2.45. The molecule has 1 N–H and O–H groups in total. The van der Waals surface area contributed by atoms with Crippen LogP contribution >= 0.6 is 31.9 Å². The number of nitrogens with one attached hydrogen (secondary N) is 1. The van der Waals surface area contributed by atoms with Crippen molar-refractivity contribution in [2.75, 3.05) is 0 Å². The van der Waals surface area contributed by atoms with Crippen molar-refractivity contribution in [3.05, 3.63) is 32.2 Å². The highest BCUT2D eigenvalue weighted by Gasteiger charge is 2.14. The Morgan fingerprint density at radius 2 is 2.00 bits per heavy atom. The van der Waals surface area contributed by atoms with Crippen molar-refractivity contribution in [2.45, 2.75) is 13.1 Å². The van der Waals surface area contributed by atoms with Gasteiger partial charge in [-0.2, -0.15) is 0 Å². The second-order valence-corrected chi connectivity index (χ2v) is 4.25. The smallest absolute Gasteiger partial charge is 0.0365 e. The van der Waals surface area contributed by atoms with Gasteiger partial charge in [0.15, 0.2) is 0 Å². The highest BCUT2D eigenvalue weighted by atomic mass is 79.9. The van der Waals surface area contributed by atoms with Crippen molar-refractivity contribution < 1.29 is 0 Å². The van der Waals surface area contributed by atoms with E-state index in [1.54, 1.807) is 0 Å². The van der Waals surface area contributed by atoms with Gasteiger partial charge in [0.1, 0.15) is 0 Å². The third-order valence-corrected chi connectivity index (χ3v) is 4.01. The highest BCUT2D eigenvalue weighted by molar-refractivity contribution is 9.13. The zero-order valence-corrected chi connectivity index (χ0v) is 9.00. The topological polar surface area (TPSA) is 12.0 Å². The van der Waals surface area contributed by atoms with Crippen LogP contribution in [0.25, 0.3) is 0 Å². The van der Waals surface area contributed by atoms with Crippen LogP contribution in [-0.4, -0.2) is 0 Å². The van der Waals surface area contributed by atoms with E-state index < -0.39 is 0 Å². The Morgan fingerprint density at radius 3 is 2.82 bits per heavy atom. The summed E-state index contributed by atoms with van der Waals surface area (Å²) in [4.78, 5) is 0. The van der Waals surface area contributed by atoms with Crippen LogP contribution in [0.4, 0.5) is 0 Å². The number of benzene rings is 1. The minimum Gasteiger partial charge on any atom is -0.309 e. The molecule has 0 aliphatic carbocycles. The number of rotatable bonds is 0. The first-order chi connectivity index (χ1) is 5.29. The summed E-state index contributed by atoms with van der Waals surface area (Å²) >= 11 is 7.02. The molecule has 0 unspecified atom stereocenters. The van der Waals surface area contributed by atoms with Crippen LogP contribution in [0.15, 0.2) is 21.1 Å². The Morgan fingerprint density at radius 1 is 1.18 bits per heavy atom. The van der Waals surface area contributed by atoms with Gasteiger partial charge in [-0.15, -0.1) is 0 Å². The summed E-state index contributed by atoms with van der Waals surface area (Å²) in [5, 5.41) is 3.30. The van der Waals surface area contributed by atoms with E-state index in [1.165, 1.54) is 15.6 Å². The normalized spacial score (nSPS) is 15.1. The van der Waals surface area contributed by atoms with Gasteiger partial charge in [-0.25, -0.2) is 0 Å². The van der Waals surface area contributed by atoms with Crippen molar-refractivity contribution in [1.82, 2.24) is 5.32 Å². The molecule has 0 atom stereocenters. The molecular weight excluding hydrogens is 270 g/mol. The lowest BCUT2D eigenvalue weighted by Crippen LogP contribution is -2.00. The Labute approximate surface area is 82.4 Å². The van der Waals surface area contributed by atoms with Crippen LogP contribution < -0.4 is 5.32 Å². The molecule has 11 heavy (non-hydrogen) atoms. The third-order valence-electron chi connectivity index (χ3n) is 1.91. The Bertz CT molecular complexity index is 296. The van der Waals surface area contributed by atoms with E-state index in [1.807, 2.05) is 0 Å². The minimum absolute atomic E-state index is 0.982. The maximum Gasteiger partial charge on any atom is 0.0365 e. The first kappa shape index (κ1) is 7.77. The quantitative estimate of drug-likeness (QED) is 0.768. The predicted octanol–water partition coefficient (Wildman–Crippen LogP) is 2.81. The standard InChI is InChI=1S/C8H7Br2N/c9-7-2-1-5-3-11-4-6(5)8(7)10/h1-2,11H,3-4H2. The second-order valence-electron chi connectivity index (χ2n) is 2.60. The first-order valence-corrected chi connectivity index (χ1v) is 5.04. The number of hydrogen-bond acceptors (Lipinski definition) is 1. The van der Waals surface area contributed by atoms with Gasteiger partial charge >= 0.3 is 0 Å². The van der Waals surface area contributed by atoms with E-state index >= 15 is 0 Å². The van der Waals surface area contributed by atoms with E-state index in [2.05, 4.69) is 49.3 Å². The van der Waals surface area contributed by atoms with Gasteiger partial charge in [-0.1, -0.05) is 6.07 Å². The van der Waals surface area contributed by atoms with E-state index in [4.69, 9.17) is 0 Å². The Hall–Kier alpha value is 0.140. The van der Waals surface area contributed by atoms with Crippen molar-refractivity contribution in [3.8, 4) is 0 Å². The molecule has 0 saturated heterocycles. The molecule has 0 saturated carbocycles. The van der Waals surface area contributed by atoms with Gasteiger partial charge in [0, 0.05) is 22.0 Å². The van der Waals surface area contributed by atoms with E-state index in [-0.39, 0.29) is 0 Å². The van der Waals surface area contributed by atoms with Crippen molar-refractivity contribution in [3.63, 3.8) is 0 Å². The molecule has 1 aromatic rings. The predicted molar refractivity (Wildman–Crippen MR) is 52.4 cm³/mol. The van der Waals surface area contributed by atoms with Crippen LogP contribution in [0, 0.1) is 0 Å². The van der Waals surface area contributed by atoms with Crippen molar-refractivity contribution >= 4 is 31.9 Å². The highest BCUT2D eigenvalue weighted by Crippen LogP contribution is 2.31. The third kappa shape index (κ3) is 1.25. The molecule has 0 aromatic heterocycles. The molecule has 0 radical (unpaired) electrons. The van der Waals surface area contributed by atoms with Crippen LogP contribution in [0.3, 0.4) is 0 Å². The van der Waals surface area contributed by atoms with Crippen LogP contribution in [0.5, 0.6) is 0 Å². The minimum atomic E-state index is 0.982. The SMILES string of the molecule is Brc1ccc2c(c1Br)CNC2. The van der Waals surface area contributed by atoms with Crippen LogP contribution in [-0.2, 0) is 13.1 Å². The lowest BCUT2D eigenvalue weighted by atomic mass is 10.1. The maximum atomic E-state index is 3.54. The fourth-order valence-corrected chi connectivity index (χ4v) is 2.21. The van der Waals surface area contributed by atoms with E-state index in [9.17, 15) is 0 Å². The molecule has 0 spiro atoms. The van der Waals surface area contributed by atoms with Gasteiger partial charge in [-0.05, 0) is 49.1 Å². The zero-order valence-electron chi connectivity index (χ0n) is 5.82. The zero-order chi connectivity index (χ0) is 7.84.